The van der Waals surface area contributed by atoms with Crippen LogP contribution >= 0.6 is 0 Å². The van der Waals surface area contributed by atoms with Crippen molar-refractivity contribution in [2.24, 2.45) is 0 Å². The van der Waals surface area contributed by atoms with E-state index in [1.54, 1.807) is 24.3 Å². The lowest BCUT2D eigenvalue weighted by Crippen LogP contribution is -2.15. The van der Waals surface area contributed by atoms with Crippen molar-refractivity contribution in [3.05, 3.63) is 76.5 Å². The summed E-state index contributed by atoms with van der Waals surface area (Å²) >= 11 is 0. The van der Waals surface area contributed by atoms with Crippen LogP contribution < -0.4 is 10.6 Å². The van der Waals surface area contributed by atoms with Crippen molar-refractivity contribution in [2.45, 2.75) is 20.8 Å². The molecule has 0 aliphatic heterocycles. The van der Waals surface area contributed by atoms with Crippen LogP contribution in [0.5, 0.6) is 0 Å². The van der Waals surface area contributed by atoms with E-state index in [0.29, 0.717) is 27.8 Å². The number of Topliss-reactive ketones (excluding diaryl/α,β-unsaturated/α-hetero) is 1. The van der Waals surface area contributed by atoms with E-state index in [0.717, 1.165) is 11.6 Å². The number of anilines is 2. The lowest BCUT2D eigenvalue weighted by Gasteiger charge is -2.13. The number of nitrogens with zero attached hydrogens (tertiary/aromatic N) is 2. The number of benzene rings is 3. The number of carbonyl (C=O) groups excluding carboxylic acids is 3. The van der Waals surface area contributed by atoms with E-state index in [2.05, 4.69) is 15.8 Å². The molecule has 0 fully saturated rings. The number of hydrogen-bond acceptors (Lipinski definition) is 7. The van der Waals surface area contributed by atoms with Crippen LogP contribution in [0.3, 0.4) is 0 Å². The lowest BCUT2D eigenvalue weighted by atomic mass is 9.92. The number of rotatable bonds is 6. The highest BCUT2D eigenvalue weighted by Gasteiger charge is 2.23. The molecule has 1 heterocycles. The first kappa shape index (κ1) is 24.8. The van der Waals surface area contributed by atoms with Gasteiger partial charge in [-0.15, -0.1) is 0 Å². The first-order valence-electron chi connectivity index (χ1n) is 11.0. The minimum absolute atomic E-state index is 0.0161. The zero-order chi connectivity index (χ0) is 26.9. The molecule has 10 nitrogen and oxygen atoms in total. The van der Waals surface area contributed by atoms with E-state index >= 15 is 0 Å². The molecule has 4 aromatic rings. The van der Waals surface area contributed by atoms with E-state index < -0.39 is 11.9 Å². The molecule has 0 aliphatic carbocycles. The van der Waals surface area contributed by atoms with Gasteiger partial charge in [-0.05, 0) is 73.0 Å². The number of fused-ring (bicyclic) bond motifs is 1. The number of hydrogen-bond donors (Lipinski definition) is 3. The number of aromatic nitrogens is 1. The van der Waals surface area contributed by atoms with Gasteiger partial charge < -0.3 is 20.3 Å². The Hall–Kier alpha value is -5.30. The number of amides is 2. The summed E-state index contributed by atoms with van der Waals surface area (Å²) in [6, 6.07) is 14.1. The maximum absolute atomic E-state index is 13.1. The number of nitrogens with one attached hydrogen (secondary N) is 2. The SMILES string of the molecule is CC(=O)Nc1ccc(-c2cc3c(C(=O)Nc4ccc(C#N)cc4C(=O)O)noc3cc2C(C)=O)c(C)c1. The third kappa shape index (κ3) is 4.92. The molecule has 3 aromatic carbocycles. The lowest BCUT2D eigenvalue weighted by molar-refractivity contribution is -0.114. The van der Waals surface area contributed by atoms with Gasteiger partial charge in [0, 0.05) is 18.2 Å². The highest BCUT2D eigenvalue weighted by molar-refractivity contribution is 6.14. The zero-order valence-corrected chi connectivity index (χ0v) is 20.0. The summed E-state index contributed by atoms with van der Waals surface area (Å²) in [5.74, 6) is -2.49. The summed E-state index contributed by atoms with van der Waals surface area (Å²) in [6.45, 7) is 4.64. The smallest absolute Gasteiger partial charge is 0.337 e. The van der Waals surface area contributed by atoms with Crippen molar-refractivity contribution in [1.82, 2.24) is 5.16 Å². The average Bonchev–Trinajstić information content (AvgIpc) is 3.26. The van der Waals surface area contributed by atoms with Gasteiger partial charge in [0.2, 0.25) is 5.91 Å². The Morgan fingerprint density at radius 2 is 1.70 bits per heavy atom. The van der Waals surface area contributed by atoms with E-state index in [1.807, 2.05) is 13.0 Å². The Morgan fingerprint density at radius 3 is 2.32 bits per heavy atom. The molecule has 2 amide bonds. The zero-order valence-electron chi connectivity index (χ0n) is 20.0. The molecule has 0 bridgehead atoms. The summed E-state index contributed by atoms with van der Waals surface area (Å²) in [7, 11) is 0. The number of nitriles is 1. The second-order valence-electron chi connectivity index (χ2n) is 8.32. The molecule has 184 valence electrons. The van der Waals surface area contributed by atoms with E-state index in [1.165, 1.54) is 32.0 Å². The van der Waals surface area contributed by atoms with Crippen LogP contribution in [0, 0.1) is 18.3 Å². The van der Waals surface area contributed by atoms with Gasteiger partial charge in [0.1, 0.15) is 0 Å². The number of carbonyl (C=O) groups is 4. The molecule has 0 atom stereocenters. The maximum atomic E-state index is 13.1. The van der Waals surface area contributed by atoms with Gasteiger partial charge in [0.25, 0.3) is 5.91 Å². The van der Waals surface area contributed by atoms with E-state index in [9.17, 15) is 24.3 Å². The van der Waals surface area contributed by atoms with Crippen LogP contribution in [0.25, 0.3) is 22.1 Å². The normalized spacial score (nSPS) is 10.5. The number of carboxylic acids is 1. The second-order valence-corrected chi connectivity index (χ2v) is 8.32. The second kappa shape index (κ2) is 9.75. The Balaban J connectivity index is 1.80. The first-order valence-corrected chi connectivity index (χ1v) is 11.0. The number of aromatic carboxylic acids is 1. The summed E-state index contributed by atoms with van der Waals surface area (Å²) in [5, 5.41) is 27.9. The van der Waals surface area contributed by atoms with Gasteiger partial charge in [0.15, 0.2) is 17.1 Å². The Bertz CT molecular complexity index is 1660. The van der Waals surface area contributed by atoms with Crippen molar-refractivity contribution in [3.8, 4) is 17.2 Å². The molecule has 0 spiro atoms. The van der Waals surface area contributed by atoms with Crippen molar-refractivity contribution in [3.63, 3.8) is 0 Å². The highest BCUT2D eigenvalue weighted by Crippen LogP contribution is 2.34. The Morgan fingerprint density at radius 1 is 0.946 bits per heavy atom. The Kier molecular flexibility index (Phi) is 6.54. The minimum Gasteiger partial charge on any atom is -0.478 e. The number of aryl methyl sites for hydroxylation is 1. The fourth-order valence-corrected chi connectivity index (χ4v) is 3.99. The van der Waals surface area contributed by atoms with Crippen LogP contribution in [-0.2, 0) is 4.79 Å². The first-order chi connectivity index (χ1) is 17.6. The summed E-state index contributed by atoms with van der Waals surface area (Å²) in [4.78, 5) is 48.6. The van der Waals surface area contributed by atoms with E-state index in [-0.39, 0.29) is 39.8 Å². The highest BCUT2D eigenvalue weighted by atomic mass is 16.5. The summed E-state index contributed by atoms with van der Waals surface area (Å²) in [6.07, 6.45) is 0. The minimum atomic E-state index is -1.32. The number of carboxylic acid groups (broad SMARTS) is 1. The molecule has 0 unspecified atom stereocenters. The van der Waals surface area contributed by atoms with Crippen LogP contribution in [0.15, 0.2) is 53.1 Å². The topological polar surface area (TPSA) is 162 Å². The van der Waals surface area contributed by atoms with Gasteiger partial charge in [0.05, 0.1) is 28.3 Å². The fraction of sp³-hybridized carbons (Fsp3) is 0.111. The third-order valence-electron chi connectivity index (χ3n) is 5.67. The van der Waals surface area contributed by atoms with Gasteiger partial charge in [-0.2, -0.15) is 5.26 Å². The molecule has 0 radical (unpaired) electrons. The van der Waals surface area contributed by atoms with Crippen molar-refractivity contribution >= 4 is 45.9 Å². The molecule has 4 rings (SSSR count). The molecule has 10 heteroatoms. The molecular weight excluding hydrogens is 476 g/mol. The quantitative estimate of drug-likeness (QED) is 0.321. The van der Waals surface area contributed by atoms with Gasteiger partial charge in [-0.3, -0.25) is 14.4 Å². The van der Waals surface area contributed by atoms with E-state index in [4.69, 9.17) is 9.78 Å². The monoisotopic (exact) mass is 496 g/mol. The van der Waals surface area contributed by atoms with Gasteiger partial charge in [-0.25, -0.2) is 4.79 Å². The molecule has 3 N–H and O–H groups in total. The molecule has 37 heavy (non-hydrogen) atoms. The van der Waals surface area contributed by atoms with Crippen LogP contribution in [0.2, 0.25) is 0 Å². The van der Waals surface area contributed by atoms with Crippen molar-refractivity contribution in [1.29, 1.82) is 5.26 Å². The van der Waals surface area contributed by atoms with Crippen LogP contribution in [-0.4, -0.2) is 33.8 Å². The summed E-state index contributed by atoms with van der Waals surface area (Å²) in [5.41, 5.74) is 2.91. The predicted molar refractivity (Wildman–Crippen MR) is 135 cm³/mol. The van der Waals surface area contributed by atoms with Crippen LogP contribution in [0.1, 0.15) is 56.2 Å². The average molecular weight is 496 g/mol. The largest absolute Gasteiger partial charge is 0.478 e. The molecule has 0 saturated carbocycles. The molecule has 0 aliphatic rings. The predicted octanol–water partition coefficient (Wildman–Crippen LogP) is 4.79. The molecule has 1 aromatic heterocycles. The number of ketones is 1. The van der Waals surface area contributed by atoms with Crippen LogP contribution in [0.4, 0.5) is 11.4 Å². The van der Waals surface area contributed by atoms with Gasteiger partial charge in [-0.1, -0.05) is 11.2 Å². The molecular formula is C27H20N4O6. The van der Waals surface area contributed by atoms with Gasteiger partial charge >= 0.3 is 5.97 Å². The molecule has 0 saturated heterocycles. The third-order valence-corrected chi connectivity index (χ3v) is 5.67. The fourth-order valence-electron chi connectivity index (χ4n) is 3.99. The Labute approximate surface area is 210 Å². The summed E-state index contributed by atoms with van der Waals surface area (Å²) < 4.78 is 5.33. The standard InChI is InChI=1S/C27H20N4O6/c1-13-8-17(29-15(3)33)5-6-18(13)20-10-22-24(11-19(20)14(2)32)37-31-25(22)26(34)30-23-7-4-16(12-28)9-21(23)27(35)36/h4-11H,1-3H3,(H,29,33)(H,30,34)(H,35,36). The van der Waals surface area contributed by atoms with Crippen molar-refractivity contribution in [2.75, 3.05) is 10.6 Å². The van der Waals surface area contributed by atoms with Crippen molar-refractivity contribution < 1.29 is 28.8 Å². The maximum Gasteiger partial charge on any atom is 0.337 e.